The summed E-state index contributed by atoms with van der Waals surface area (Å²) in [6, 6.07) is 0.916. The van der Waals surface area contributed by atoms with Gasteiger partial charge in [0.05, 0.1) is 6.04 Å². The smallest absolute Gasteiger partial charge is 0.194 e. The van der Waals surface area contributed by atoms with Gasteiger partial charge in [-0.1, -0.05) is 0 Å². The van der Waals surface area contributed by atoms with E-state index in [2.05, 4.69) is 42.9 Å². The normalized spacial score (nSPS) is 29.4. The second kappa shape index (κ2) is 5.31. The van der Waals surface area contributed by atoms with Crippen molar-refractivity contribution in [1.82, 2.24) is 10.2 Å². The lowest BCUT2D eigenvalue weighted by atomic mass is 9.98. The van der Waals surface area contributed by atoms with Crippen molar-refractivity contribution in [3.8, 4) is 0 Å². The van der Waals surface area contributed by atoms with Crippen molar-refractivity contribution in [2.75, 3.05) is 25.1 Å². The highest BCUT2D eigenvalue weighted by Gasteiger charge is 2.34. The number of aliphatic imine (C=N–C) groups is 1. The molecule has 5 heteroatoms. The molecule has 2 atom stereocenters. The highest BCUT2D eigenvalue weighted by molar-refractivity contribution is 8.00. The Morgan fingerprint density at radius 3 is 2.82 bits per heavy atom. The van der Waals surface area contributed by atoms with Crippen LogP contribution in [0.3, 0.4) is 0 Å². The molecule has 3 nitrogen and oxygen atoms in total. The number of rotatable bonds is 3. The Morgan fingerprint density at radius 2 is 2.18 bits per heavy atom. The van der Waals surface area contributed by atoms with Gasteiger partial charge in [-0.05, 0) is 32.9 Å². The second-order valence-electron chi connectivity index (χ2n) is 5.36. The maximum atomic E-state index is 4.92. The fraction of sp³-hybridized carbons (Fsp3) is 0.917. The fourth-order valence-electron chi connectivity index (χ4n) is 2.37. The van der Waals surface area contributed by atoms with Crippen LogP contribution in [0, 0.1) is 0 Å². The number of thiol groups is 1. The molecular formula is C12H23N3S2. The van der Waals surface area contributed by atoms with E-state index < -0.39 is 0 Å². The predicted molar refractivity (Wildman–Crippen MR) is 80.4 cm³/mol. The molecule has 1 fully saturated rings. The average Bonchev–Trinajstić information content (AvgIpc) is 2.37. The quantitative estimate of drug-likeness (QED) is 0.769. The van der Waals surface area contributed by atoms with Crippen LogP contribution >= 0.6 is 24.4 Å². The van der Waals surface area contributed by atoms with Gasteiger partial charge in [-0.25, -0.2) is 4.99 Å². The summed E-state index contributed by atoms with van der Waals surface area (Å²) >= 11 is 6.29. The third-order valence-corrected chi connectivity index (χ3v) is 5.64. The van der Waals surface area contributed by atoms with Crippen LogP contribution in [0.4, 0.5) is 0 Å². The van der Waals surface area contributed by atoms with E-state index >= 15 is 0 Å². The van der Waals surface area contributed by atoms with Crippen molar-refractivity contribution in [3.05, 3.63) is 0 Å². The maximum Gasteiger partial charge on any atom is 0.194 e. The maximum absolute atomic E-state index is 4.92. The molecule has 2 aliphatic rings. The standard InChI is InChI=1S/C12H23N3S2/c1-12(2,17-3)10-5-7-15-6-4-9(8-16)13-11(15)14-10/h9-10,16H,4-8H2,1-3H3,(H,13,14)/t9-,10-/m1/s1. The van der Waals surface area contributed by atoms with Crippen LogP contribution in [0.5, 0.6) is 0 Å². The molecule has 98 valence electrons. The van der Waals surface area contributed by atoms with E-state index in [1.54, 1.807) is 0 Å². The van der Waals surface area contributed by atoms with Crippen LogP contribution in [0.25, 0.3) is 0 Å². The molecule has 0 aliphatic carbocycles. The minimum atomic E-state index is 0.231. The molecule has 0 bridgehead atoms. The second-order valence-corrected chi connectivity index (χ2v) is 7.19. The van der Waals surface area contributed by atoms with Gasteiger partial charge in [0.2, 0.25) is 0 Å². The molecule has 0 aromatic carbocycles. The lowest BCUT2D eigenvalue weighted by Gasteiger charge is -2.42. The number of thioether (sulfide) groups is 1. The zero-order valence-corrected chi connectivity index (χ0v) is 12.7. The minimum absolute atomic E-state index is 0.231. The minimum Gasteiger partial charge on any atom is -0.353 e. The van der Waals surface area contributed by atoms with Crippen molar-refractivity contribution in [3.63, 3.8) is 0 Å². The molecule has 17 heavy (non-hydrogen) atoms. The summed E-state index contributed by atoms with van der Waals surface area (Å²) in [6.45, 7) is 6.85. The van der Waals surface area contributed by atoms with Gasteiger partial charge >= 0.3 is 0 Å². The molecule has 0 aromatic heterocycles. The number of hydrogen-bond acceptors (Lipinski definition) is 5. The number of guanidine groups is 1. The van der Waals surface area contributed by atoms with Crippen LogP contribution in [0.15, 0.2) is 4.99 Å². The molecule has 0 spiro atoms. The summed E-state index contributed by atoms with van der Waals surface area (Å²) < 4.78 is 0.231. The van der Waals surface area contributed by atoms with Gasteiger partial charge in [-0.2, -0.15) is 24.4 Å². The first-order valence-electron chi connectivity index (χ1n) is 6.32. The largest absolute Gasteiger partial charge is 0.353 e. The van der Waals surface area contributed by atoms with E-state index in [-0.39, 0.29) is 4.75 Å². The van der Waals surface area contributed by atoms with E-state index in [1.165, 1.54) is 12.8 Å². The van der Waals surface area contributed by atoms with E-state index in [0.29, 0.717) is 12.1 Å². The third kappa shape index (κ3) is 2.87. The van der Waals surface area contributed by atoms with Gasteiger partial charge in [0, 0.05) is 29.6 Å². The van der Waals surface area contributed by atoms with Crippen molar-refractivity contribution in [2.24, 2.45) is 4.99 Å². The number of fused-ring (bicyclic) bond motifs is 1. The van der Waals surface area contributed by atoms with Crippen LogP contribution < -0.4 is 5.32 Å². The Bertz CT molecular complexity index is 304. The average molecular weight is 273 g/mol. The number of nitrogens with zero attached hydrogens (tertiary/aromatic N) is 2. The molecule has 0 unspecified atom stereocenters. The van der Waals surface area contributed by atoms with Crippen molar-refractivity contribution >= 4 is 30.4 Å². The summed E-state index contributed by atoms with van der Waals surface area (Å²) in [5.41, 5.74) is 0. The summed E-state index contributed by atoms with van der Waals surface area (Å²) in [4.78, 5) is 7.30. The van der Waals surface area contributed by atoms with Crippen LogP contribution in [-0.4, -0.2) is 52.8 Å². The summed E-state index contributed by atoms with van der Waals surface area (Å²) in [7, 11) is 0. The molecule has 0 amide bonds. The molecule has 0 saturated carbocycles. The Kier molecular flexibility index (Phi) is 4.18. The number of hydrogen-bond donors (Lipinski definition) is 2. The zero-order valence-electron chi connectivity index (χ0n) is 10.9. The highest BCUT2D eigenvalue weighted by atomic mass is 32.2. The molecule has 2 rings (SSSR count). The van der Waals surface area contributed by atoms with Gasteiger partial charge in [0.15, 0.2) is 5.96 Å². The first-order valence-corrected chi connectivity index (χ1v) is 8.18. The van der Waals surface area contributed by atoms with Crippen molar-refractivity contribution in [1.29, 1.82) is 0 Å². The SMILES string of the molecule is CSC(C)(C)[C@H]1CCN2CC[C@H](CS)NC2=N1. The first kappa shape index (κ1) is 13.4. The molecule has 2 heterocycles. The lowest BCUT2D eigenvalue weighted by molar-refractivity contribution is 0.289. The predicted octanol–water partition coefficient (Wildman–Crippen LogP) is 1.85. The van der Waals surface area contributed by atoms with E-state index in [1.807, 2.05) is 11.8 Å². The Balaban J connectivity index is 2.11. The van der Waals surface area contributed by atoms with E-state index in [4.69, 9.17) is 4.99 Å². The van der Waals surface area contributed by atoms with Crippen LogP contribution in [0.2, 0.25) is 0 Å². The Hall–Kier alpha value is -0.0300. The number of nitrogens with one attached hydrogen (secondary N) is 1. The summed E-state index contributed by atoms with van der Waals surface area (Å²) in [5, 5.41) is 3.52. The monoisotopic (exact) mass is 273 g/mol. The van der Waals surface area contributed by atoms with Gasteiger partial charge in [0.1, 0.15) is 0 Å². The summed E-state index contributed by atoms with van der Waals surface area (Å²) in [6.07, 6.45) is 4.53. The van der Waals surface area contributed by atoms with Crippen LogP contribution in [-0.2, 0) is 0 Å². The Labute approximate surface area is 114 Å². The van der Waals surface area contributed by atoms with E-state index in [9.17, 15) is 0 Å². The van der Waals surface area contributed by atoms with Crippen molar-refractivity contribution in [2.45, 2.75) is 43.5 Å². The van der Waals surface area contributed by atoms with Gasteiger partial charge in [-0.3, -0.25) is 0 Å². The lowest BCUT2D eigenvalue weighted by Crippen LogP contribution is -2.57. The Morgan fingerprint density at radius 1 is 1.47 bits per heavy atom. The summed E-state index contributed by atoms with van der Waals surface area (Å²) in [5.74, 6) is 2.00. The first-order chi connectivity index (χ1) is 8.06. The molecule has 1 saturated heterocycles. The highest BCUT2D eigenvalue weighted by Crippen LogP contribution is 2.32. The van der Waals surface area contributed by atoms with Gasteiger partial charge < -0.3 is 10.2 Å². The molecular weight excluding hydrogens is 250 g/mol. The fourth-order valence-corrected chi connectivity index (χ4v) is 3.08. The molecule has 1 N–H and O–H groups in total. The topological polar surface area (TPSA) is 27.6 Å². The third-order valence-electron chi connectivity index (χ3n) is 3.88. The van der Waals surface area contributed by atoms with Crippen molar-refractivity contribution < 1.29 is 0 Å². The van der Waals surface area contributed by atoms with Gasteiger partial charge in [-0.15, -0.1) is 0 Å². The van der Waals surface area contributed by atoms with Crippen LogP contribution in [0.1, 0.15) is 26.7 Å². The molecule has 0 aromatic rings. The van der Waals surface area contributed by atoms with Gasteiger partial charge in [0.25, 0.3) is 0 Å². The molecule has 0 radical (unpaired) electrons. The van der Waals surface area contributed by atoms with E-state index in [0.717, 1.165) is 24.8 Å². The zero-order chi connectivity index (χ0) is 12.5. The molecule has 2 aliphatic heterocycles.